The number of anilines is 2. The molecule has 2 aliphatic heterocycles. The zero-order valence-corrected chi connectivity index (χ0v) is 17.2. The highest BCUT2D eigenvalue weighted by Gasteiger charge is 2.23. The molecule has 1 fully saturated rings. The number of nitrogens with one attached hydrogen (secondary N) is 1. The van der Waals surface area contributed by atoms with E-state index >= 15 is 0 Å². The quantitative estimate of drug-likeness (QED) is 0.702. The van der Waals surface area contributed by atoms with Crippen LogP contribution in [-0.4, -0.2) is 54.1 Å². The van der Waals surface area contributed by atoms with Gasteiger partial charge in [-0.2, -0.15) is 0 Å². The first-order valence-corrected chi connectivity index (χ1v) is 10.3. The molecule has 2 aliphatic rings. The maximum absolute atomic E-state index is 12.6. The number of carbonyl (C=O) groups is 1. The fourth-order valence-electron chi connectivity index (χ4n) is 3.75. The number of rotatable bonds is 3. The SMILES string of the molecule is Cc1ccccc1NC(=O)N1CCN(c2ccc(-c3ccc4c(c3)OCO4)nn2)CC1. The van der Waals surface area contributed by atoms with Crippen LogP contribution in [0.2, 0.25) is 0 Å². The van der Waals surface area contributed by atoms with Crippen LogP contribution in [0.4, 0.5) is 16.3 Å². The molecule has 2 amide bonds. The number of aromatic nitrogens is 2. The number of amides is 2. The summed E-state index contributed by atoms with van der Waals surface area (Å²) >= 11 is 0. The normalized spacial score (nSPS) is 15.1. The van der Waals surface area contributed by atoms with Crippen LogP contribution in [0, 0.1) is 6.92 Å². The third kappa shape index (κ3) is 3.96. The number of urea groups is 1. The summed E-state index contributed by atoms with van der Waals surface area (Å²) in [5, 5.41) is 11.8. The Morgan fingerprint density at radius 1 is 0.935 bits per heavy atom. The van der Waals surface area contributed by atoms with Gasteiger partial charge in [0.05, 0.1) is 5.69 Å². The van der Waals surface area contributed by atoms with Crippen LogP contribution in [0.25, 0.3) is 11.3 Å². The third-order valence-electron chi connectivity index (χ3n) is 5.60. The zero-order valence-electron chi connectivity index (χ0n) is 17.2. The molecule has 2 aromatic carbocycles. The van der Waals surface area contributed by atoms with E-state index in [1.165, 1.54) is 0 Å². The lowest BCUT2D eigenvalue weighted by Crippen LogP contribution is -2.50. The van der Waals surface area contributed by atoms with Crippen molar-refractivity contribution >= 4 is 17.5 Å². The van der Waals surface area contributed by atoms with Crippen LogP contribution in [0.15, 0.2) is 54.6 Å². The summed E-state index contributed by atoms with van der Waals surface area (Å²) in [6, 6.07) is 17.4. The first kappa shape index (κ1) is 19.2. The Morgan fingerprint density at radius 3 is 2.52 bits per heavy atom. The second-order valence-electron chi connectivity index (χ2n) is 7.56. The minimum atomic E-state index is -0.0711. The lowest BCUT2D eigenvalue weighted by atomic mass is 10.1. The molecule has 1 aromatic heterocycles. The van der Waals surface area contributed by atoms with Crippen molar-refractivity contribution in [1.82, 2.24) is 15.1 Å². The molecule has 3 heterocycles. The Balaban J connectivity index is 1.20. The van der Waals surface area contributed by atoms with Crippen molar-refractivity contribution in [3.8, 4) is 22.8 Å². The summed E-state index contributed by atoms with van der Waals surface area (Å²) < 4.78 is 10.8. The van der Waals surface area contributed by atoms with Crippen molar-refractivity contribution in [1.29, 1.82) is 0 Å². The smallest absolute Gasteiger partial charge is 0.321 e. The molecule has 8 heteroatoms. The molecule has 0 bridgehead atoms. The summed E-state index contributed by atoms with van der Waals surface area (Å²) in [7, 11) is 0. The maximum Gasteiger partial charge on any atom is 0.321 e. The van der Waals surface area contributed by atoms with Crippen LogP contribution in [0.1, 0.15) is 5.56 Å². The number of hydrogen-bond acceptors (Lipinski definition) is 6. The van der Waals surface area contributed by atoms with Crippen LogP contribution >= 0.6 is 0 Å². The van der Waals surface area contributed by atoms with Gasteiger partial charge in [-0.05, 0) is 48.9 Å². The van der Waals surface area contributed by atoms with E-state index in [1.807, 2.05) is 66.4 Å². The first-order chi connectivity index (χ1) is 15.2. The lowest BCUT2D eigenvalue weighted by Gasteiger charge is -2.35. The Bertz CT molecular complexity index is 1090. The van der Waals surface area contributed by atoms with Gasteiger partial charge in [-0.1, -0.05) is 18.2 Å². The zero-order chi connectivity index (χ0) is 21.2. The standard InChI is InChI=1S/C23H23N5O3/c1-16-4-2-3-5-18(16)24-23(29)28-12-10-27(11-13-28)22-9-7-19(25-26-22)17-6-8-20-21(14-17)31-15-30-20/h2-9,14H,10-13,15H2,1H3,(H,24,29). The van der Waals surface area contributed by atoms with Crippen molar-refractivity contribution in [3.05, 3.63) is 60.2 Å². The molecular weight excluding hydrogens is 394 g/mol. The van der Waals surface area contributed by atoms with Gasteiger partial charge in [0.15, 0.2) is 17.3 Å². The highest BCUT2D eigenvalue weighted by Crippen LogP contribution is 2.35. The molecule has 0 unspecified atom stereocenters. The van der Waals surface area contributed by atoms with Crippen molar-refractivity contribution < 1.29 is 14.3 Å². The van der Waals surface area contributed by atoms with Crippen molar-refractivity contribution in [2.45, 2.75) is 6.92 Å². The molecule has 31 heavy (non-hydrogen) atoms. The largest absolute Gasteiger partial charge is 0.454 e. The fourth-order valence-corrected chi connectivity index (χ4v) is 3.75. The minimum Gasteiger partial charge on any atom is -0.454 e. The molecule has 1 saturated heterocycles. The topological polar surface area (TPSA) is 79.8 Å². The van der Waals surface area contributed by atoms with E-state index in [2.05, 4.69) is 20.4 Å². The predicted octanol–water partition coefficient (Wildman–Crippen LogP) is 3.53. The van der Waals surface area contributed by atoms with E-state index in [0.29, 0.717) is 26.2 Å². The summed E-state index contributed by atoms with van der Waals surface area (Å²) in [4.78, 5) is 16.6. The average Bonchev–Trinajstić information content (AvgIpc) is 3.29. The molecule has 8 nitrogen and oxygen atoms in total. The summed E-state index contributed by atoms with van der Waals surface area (Å²) in [6.07, 6.45) is 0. The molecule has 0 saturated carbocycles. The average molecular weight is 417 g/mol. The Morgan fingerprint density at radius 2 is 1.74 bits per heavy atom. The maximum atomic E-state index is 12.6. The summed E-state index contributed by atoms with van der Waals surface area (Å²) in [5.74, 6) is 2.28. The number of benzene rings is 2. The Hall–Kier alpha value is -3.81. The number of ether oxygens (including phenoxy) is 2. The van der Waals surface area contributed by atoms with Crippen molar-refractivity contribution in [2.75, 3.05) is 43.2 Å². The number of para-hydroxylation sites is 1. The molecule has 0 radical (unpaired) electrons. The second-order valence-corrected chi connectivity index (χ2v) is 7.56. The summed E-state index contributed by atoms with van der Waals surface area (Å²) in [6.45, 7) is 4.91. The van der Waals surface area contributed by atoms with E-state index in [1.54, 1.807) is 0 Å². The molecule has 3 aromatic rings. The van der Waals surface area contributed by atoms with E-state index < -0.39 is 0 Å². The van der Waals surface area contributed by atoms with Crippen molar-refractivity contribution in [2.24, 2.45) is 0 Å². The number of fused-ring (bicyclic) bond motifs is 1. The van der Waals surface area contributed by atoms with Gasteiger partial charge in [-0.25, -0.2) is 4.79 Å². The minimum absolute atomic E-state index is 0.0711. The molecular formula is C23H23N5O3. The van der Waals surface area contributed by atoms with Gasteiger partial charge < -0.3 is 24.6 Å². The number of piperazine rings is 1. The number of hydrogen-bond donors (Lipinski definition) is 1. The lowest BCUT2D eigenvalue weighted by molar-refractivity contribution is 0.174. The molecule has 1 N–H and O–H groups in total. The van der Waals surface area contributed by atoms with Gasteiger partial charge in [-0.3, -0.25) is 0 Å². The molecule has 0 spiro atoms. The Labute approximate surface area is 180 Å². The molecule has 158 valence electrons. The molecule has 0 atom stereocenters. The number of nitrogens with zero attached hydrogens (tertiary/aromatic N) is 4. The van der Waals surface area contributed by atoms with Crippen molar-refractivity contribution in [3.63, 3.8) is 0 Å². The van der Waals surface area contributed by atoms with Gasteiger partial charge >= 0.3 is 6.03 Å². The summed E-state index contributed by atoms with van der Waals surface area (Å²) in [5.41, 5.74) is 3.60. The van der Waals surface area contributed by atoms with Crippen LogP contribution < -0.4 is 19.7 Å². The van der Waals surface area contributed by atoms with E-state index in [0.717, 1.165) is 39.8 Å². The number of aryl methyl sites for hydroxylation is 1. The third-order valence-corrected chi connectivity index (χ3v) is 5.60. The number of carbonyl (C=O) groups excluding carboxylic acids is 1. The second kappa shape index (κ2) is 8.14. The predicted molar refractivity (Wildman–Crippen MR) is 118 cm³/mol. The van der Waals surface area contributed by atoms with E-state index in [-0.39, 0.29) is 12.8 Å². The van der Waals surface area contributed by atoms with E-state index in [4.69, 9.17) is 9.47 Å². The van der Waals surface area contributed by atoms with Gasteiger partial charge in [0.2, 0.25) is 6.79 Å². The first-order valence-electron chi connectivity index (χ1n) is 10.3. The van der Waals surface area contributed by atoms with E-state index in [9.17, 15) is 4.79 Å². The van der Waals surface area contributed by atoms with Crippen LogP contribution in [-0.2, 0) is 0 Å². The van der Waals surface area contributed by atoms with Crippen LogP contribution in [0.3, 0.4) is 0 Å². The molecule has 5 rings (SSSR count). The van der Waals surface area contributed by atoms with Gasteiger partial charge in [-0.15, -0.1) is 10.2 Å². The fraction of sp³-hybridized carbons (Fsp3) is 0.261. The highest BCUT2D eigenvalue weighted by molar-refractivity contribution is 5.90. The highest BCUT2D eigenvalue weighted by atomic mass is 16.7. The monoisotopic (exact) mass is 417 g/mol. The van der Waals surface area contributed by atoms with Gasteiger partial charge in [0.1, 0.15) is 0 Å². The van der Waals surface area contributed by atoms with Gasteiger partial charge in [0, 0.05) is 37.4 Å². The Kier molecular flexibility index (Phi) is 5.03. The molecule has 0 aliphatic carbocycles. The van der Waals surface area contributed by atoms with Crippen LogP contribution in [0.5, 0.6) is 11.5 Å². The van der Waals surface area contributed by atoms with Gasteiger partial charge in [0.25, 0.3) is 0 Å².